The van der Waals surface area contributed by atoms with Crippen LogP contribution in [0.3, 0.4) is 0 Å². The van der Waals surface area contributed by atoms with Crippen molar-refractivity contribution in [3.63, 3.8) is 0 Å². The standard InChI is InChI=1S/C13H22N4O2/c1-17-5-2-11(16-17)12(15-14)10-3-6-19-13(8-10)4-7-18-9-13/h2,5,10,12,15H,3-4,6-9,14H2,1H3. The lowest BCUT2D eigenvalue weighted by Crippen LogP contribution is -2.45. The molecule has 2 saturated heterocycles. The van der Waals surface area contributed by atoms with Gasteiger partial charge in [-0.1, -0.05) is 0 Å². The van der Waals surface area contributed by atoms with Crippen LogP contribution in [0.15, 0.2) is 12.3 Å². The topological polar surface area (TPSA) is 74.3 Å². The van der Waals surface area contributed by atoms with Crippen LogP contribution < -0.4 is 11.3 Å². The van der Waals surface area contributed by atoms with E-state index in [-0.39, 0.29) is 11.6 Å². The zero-order valence-corrected chi connectivity index (χ0v) is 11.3. The third-order valence-corrected chi connectivity index (χ3v) is 4.30. The van der Waals surface area contributed by atoms with Crippen molar-refractivity contribution in [1.29, 1.82) is 0 Å². The van der Waals surface area contributed by atoms with Crippen molar-refractivity contribution >= 4 is 0 Å². The van der Waals surface area contributed by atoms with E-state index < -0.39 is 0 Å². The number of ether oxygens (including phenoxy) is 2. The summed E-state index contributed by atoms with van der Waals surface area (Å²) in [6, 6.07) is 2.11. The van der Waals surface area contributed by atoms with Gasteiger partial charge in [-0.15, -0.1) is 0 Å². The first kappa shape index (κ1) is 13.1. The SMILES string of the molecule is Cn1ccc(C(NN)C2CCOC3(CCOC3)C2)n1. The molecule has 0 amide bonds. The number of nitrogens with one attached hydrogen (secondary N) is 1. The normalized spacial score (nSPS) is 32.8. The molecule has 6 heteroatoms. The van der Waals surface area contributed by atoms with E-state index in [1.165, 1.54) is 0 Å². The molecule has 3 heterocycles. The van der Waals surface area contributed by atoms with Gasteiger partial charge in [0.05, 0.1) is 23.9 Å². The number of nitrogens with zero attached hydrogens (tertiary/aromatic N) is 2. The maximum absolute atomic E-state index is 5.97. The third-order valence-electron chi connectivity index (χ3n) is 4.30. The number of aromatic nitrogens is 2. The molecule has 3 N–H and O–H groups in total. The Kier molecular flexibility index (Phi) is 3.58. The molecule has 6 nitrogen and oxygen atoms in total. The van der Waals surface area contributed by atoms with Gasteiger partial charge >= 0.3 is 0 Å². The maximum Gasteiger partial charge on any atom is 0.0940 e. The van der Waals surface area contributed by atoms with Crippen molar-refractivity contribution in [2.24, 2.45) is 18.8 Å². The van der Waals surface area contributed by atoms with Crippen molar-refractivity contribution < 1.29 is 9.47 Å². The molecule has 1 spiro atoms. The Morgan fingerprint density at radius 1 is 1.58 bits per heavy atom. The van der Waals surface area contributed by atoms with Crippen molar-refractivity contribution in [1.82, 2.24) is 15.2 Å². The minimum atomic E-state index is -0.0905. The Balaban J connectivity index is 1.76. The minimum absolute atomic E-state index is 0.0857. The first-order valence-electron chi connectivity index (χ1n) is 6.90. The number of nitrogens with two attached hydrogens (primary N) is 1. The largest absolute Gasteiger partial charge is 0.378 e. The minimum Gasteiger partial charge on any atom is -0.378 e. The summed E-state index contributed by atoms with van der Waals surface area (Å²) in [7, 11) is 1.92. The number of hydrogen-bond donors (Lipinski definition) is 2. The highest BCUT2D eigenvalue weighted by Gasteiger charge is 2.43. The second-order valence-electron chi connectivity index (χ2n) is 5.65. The van der Waals surface area contributed by atoms with Gasteiger partial charge in [0, 0.05) is 32.9 Å². The molecule has 1 aromatic heterocycles. The van der Waals surface area contributed by atoms with Crippen molar-refractivity contribution in [2.75, 3.05) is 19.8 Å². The van der Waals surface area contributed by atoms with Gasteiger partial charge in [-0.3, -0.25) is 16.0 Å². The first-order chi connectivity index (χ1) is 9.22. The predicted octanol–water partition coefficient (Wildman–Crippen LogP) is 0.510. The molecule has 2 aliphatic rings. The fourth-order valence-corrected chi connectivity index (χ4v) is 3.28. The average molecular weight is 266 g/mol. The van der Waals surface area contributed by atoms with Crippen molar-refractivity contribution in [3.8, 4) is 0 Å². The van der Waals surface area contributed by atoms with Gasteiger partial charge in [0.2, 0.25) is 0 Å². The molecule has 1 aromatic rings. The molecule has 19 heavy (non-hydrogen) atoms. The smallest absolute Gasteiger partial charge is 0.0940 e. The van der Waals surface area contributed by atoms with Crippen LogP contribution in [-0.4, -0.2) is 35.2 Å². The number of hydrogen-bond acceptors (Lipinski definition) is 5. The van der Waals surface area contributed by atoms with E-state index in [1.54, 1.807) is 0 Å². The van der Waals surface area contributed by atoms with Gasteiger partial charge < -0.3 is 9.47 Å². The quantitative estimate of drug-likeness (QED) is 0.616. The van der Waals surface area contributed by atoms with E-state index in [9.17, 15) is 0 Å². The third kappa shape index (κ3) is 2.53. The summed E-state index contributed by atoms with van der Waals surface area (Å²) < 4.78 is 13.3. The van der Waals surface area contributed by atoms with Gasteiger partial charge in [0.25, 0.3) is 0 Å². The van der Waals surface area contributed by atoms with Gasteiger partial charge in [-0.2, -0.15) is 5.10 Å². The highest BCUT2D eigenvalue weighted by Crippen LogP contribution is 2.40. The van der Waals surface area contributed by atoms with Crippen molar-refractivity contribution in [2.45, 2.75) is 30.9 Å². The summed E-state index contributed by atoms with van der Waals surface area (Å²) in [6.07, 6.45) is 4.93. The molecular weight excluding hydrogens is 244 g/mol. The molecule has 0 bridgehead atoms. The Morgan fingerprint density at radius 2 is 2.47 bits per heavy atom. The Hall–Kier alpha value is -0.950. The van der Waals surface area contributed by atoms with E-state index in [4.69, 9.17) is 15.3 Å². The second kappa shape index (κ2) is 5.20. The first-order valence-corrected chi connectivity index (χ1v) is 6.90. The summed E-state index contributed by atoms with van der Waals surface area (Å²) in [5.41, 5.74) is 3.85. The predicted molar refractivity (Wildman–Crippen MR) is 70.1 cm³/mol. The monoisotopic (exact) mass is 266 g/mol. The highest BCUT2D eigenvalue weighted by molar-refractivity contribution is 5.08. The number of aryl methyl sites for hydroxylation is 1. The van der Waals surface area contributed by atoms with Crippen LogP contribution >= 0.6 is 0 Å². The second-order valence-corrected chi connectivity index (χ2v) is 5.65. The molecular formula is C13H22N4O2. The summed E-state index contributed by atoms with van der Waals surface area (Å²) in [5, 5.41) is 4.47. The van der Waals surface area contributed by atoms with Crippen LogP contribution in [0.1, 0.15) is 31.0 Å². The van der Waals surface area contributed by atoms with Crippen LogP contribution in [-0.2, 0) is 16.5 Å². The lowest BCUT2D eigenvalue weighted by Gasteiger charge is -2.39. The summed E-state index contributed by atoms with van der Waals surface area (Å²) in [6.45, 7) is 2.29. The summed E-state index contributed by atoms with van der Waals surface area (Å²) >= 11 is 0. The van der Waals surface area contributed by atoms with Crippen molar-refractivity contribution in [3.05, 3.63) is 18.0 Å². The Bertz CT molecular complexity index is 428. The maximum atomic E-state index is 5.97. The van der Waals surface area contributed by atoms with E-state index in [0.29, 0.717) is 12.5 Å². The van der Waals surface area contributed by atoms with Crippen LogP contribution in [0.2, 0.25) is 0 Å². The van der Waals surface area contributed by atoms with Gasteiger partial charge in [-0.25, -0.2) is 0 Å². The van der Waals surface area contributed by atoms with E-state index in [2.05, 4.69) is 10.5 Å². The van der Waals surface area contributed by atoms with E-state index in [1.807, 2.05) is 24.0 Å². The molecule has 0 saturated carbocycles. The fourth-order valence-electron chi connectivity index (χ4n) is 3.28. The van der Waals surface area contributed by atoms with Crippen LogP contribution in [0, 0.1) is 5.92 Å². The molecule has 2 fully saturated rings. The fraction of sp³-hybridized carbons (Fsp3) is 0.769. The van der Waals surface area contributed by atoms with Crippen LogP contribution in [0.25, 0.3) is 0 Å². The van der Waals surface area contributed by atoms with E-state index >= 15 is 0 Å². The molecule has 0 radical (unpaired) electrons. The summed E-state index contributed by atoms with van der Waals surface area (Å²) in [4.78, 5) is 0. The zero-order valence-electron chi connectivity index (χ0n) is 11.3. The molecule has 3 unspecified atom stereocenters. The Labute approximate surface area is 113 Å². The van der Waals surface area contributed by atoms with E-state index in [0.717, 1.165) is 38.2 Å². The van der Waals surface area contributed by atoms with Gasteiger partial charge in [0.1, 0.15) is 0 Å². The lowest BCUT2D eigenvalue weighted by molar-refractivity contribution is -0.103. The van der Waals surface area contributed by atoms with Gasteiger partial charge in [-0.05, 0) is 24.8 Å². The lowest BCUT2D eigenvalue weighted by atomic mass is 9.80. The molecule has 0 aromatic carbocycles. The Morgan fingerprint density at radius 3 is 3.11 bits per heavy atom. The number of hydrazine groups is 1. The summed E-state index contributed by atoms with van der Waals surface area (Å²) in [5.74, 6) is 6.20. The number of rotatable bonds is 3. The average Bonchev–Trinajstić information content (AvgIpc) is 3.01. The molecule has 2 aliphatic heterocycles. The van der Waals surface area contributed by atoms with Crippen LogP contribution in [0.4, 0.5) is 0 Å². The molecule has 0 aliphatic carbocycles. The highest BCUT2D eigenvalue weighted by atomic mass is 16.6. The molecule has 3 rings (SSSR count). The van der Waals surface area contributed by atoms with Gasteiger partial charge in [0.15, 0.2) is 0 Å². The molecule has 106 valence electrons. The van der Waals surface area contributed by atoms with Crippen LogP contribution in [0.5, 0.6) is 0 Å². The zero-order chi connectivity index (χ0) is 13.3. The molecule has 3 atom stereocenters.